The van der Waals surface area contributed by atoms with E-state index in [0.717, 1.165) is 5.69 Å². The quantitative estimate of drug-likeness (QED) is 0.760. The third kappa shape index (κ3) is 2.91. The summed E-state index contributed by atoms with van der Waals surface area (Å²) in [7, 11) is 3.15. The minimum Gasteiger partial charge on any atom is -0.468 e. The van der Waals surface area contributed by atoms with Crippen LogP contribution in [0.15, 0.2) is 12.1 Å². The van der Waals surface area contributed by atoms with E-state index in [1.54, 1.807) is 6.07 Å². The highest BCUT2D eigenvalue weighted by Gasteiger charge is 2.23. The standard InChI is InChI=1S/C13H20N2O3/c1-9(2)15(8-12(16)18-5)13(17)11-7-6-10(3)14(11)4/h6-7,9H,8H2,1-5H3. The summed E-state index contributed by atoms with van der Waals surface area (Å²) >= 11 is 0. The van der Waals surface area contributed by atoms with Crippen molar-refractivity contribution in [2.24, 2.45) is 7.05 Å². The second-order valence-electron chi connectivity index (χ2n) is 4.52. The van der Waals surface area contributed by atoms with Crippen LogP contribution in [0.3, 0.4) is 0 Å². The lowest BCUT2D eigenvalue weighted by molar-refractivity contribution is -0.141. The van der Waals surface area contributed by atoms with Crippen LogP contribution in [0.1, 0.15) is 30.0 Å². The molecule has 0 fully saturated rings. The van der Waals surface area contributed by atoms with Gasteiger partial charge in [-0.05, 0) is 32.9 Å². The Hall–Kier alpha value is -1.78. The Morgan fingerprint density at radius 1 is 1.39 bits per heavy atom. The molecule has 1 amide bonds. The molecule has 0 radical (unpaired) electrons. The number of aromatic nitrogens is 1. The zero-order valence-electron chi connectivity index (χ0n) is 11.6. The molecule has 0 aliphatic carbocycles. The highest BCUT2D eigenvalue weighted by atomic mass is 16.5. The number of aryl methyl sites for hydroxylation is 1. The smallest absolute Gasteiger partial charge is 0.325 e. The molecule has 0 aromatic carbocycles. The van der Waals surface area contributed by atoms with Gasteiger partial charge < -0.3 is 14.2 Å². The summed E-state index contributed by atoms with van der Waals surface area (Å²) in [6.07, 6.45) is 0. The first kappa shape index (κ1) is 14.3. The van der Waals surface area contributed by atoms with Gasteiger partial charge in [0.15, 0.2) is 0 Å². The minimum absolute atomic E-state index is 0.0305. The summed E-state index contributed by atoms with van der Waals surface area (Å²) in [5.74, 6) is -0.575. The molecule has 0 bridgehead atoms. The van der Waals surface area contributed by atoms with Crippen LogP contribution < -0.4 is 0 Å². The molecule has 0 unspecified atom stereocenters. The summed E-state index contributed by atoms with van der Waals surface area (Å²) < 4.78 is 6.43. The Kier molecular flexibility index (Phi) is 4.53. The van der Waals surface area contributed by atoms with Gasteiger partial charge >= 0.3 is 5.97 Å². The average molecular weight is 252 g/mol. The van der Waals surface area contributed by atoms with E-state index in [1.165, 1.54) is 12.0 Å². The van der Waals surface area contributed by atoms with Crippen LogP contribution in [0.5, 0.6) is 0 Å². The van der Waals surface area contributed by atoms with Crippen molar-refractivity contribution in [1.82, 2.24) is 9.47 Å². The van der Waals surface area contributed by atoms with Gasteiger partial charge in [-0.3, -0.25) is 9.59 Å². The first-order valence-electron chi connectivity index (χ1n) is 5.88. The van der Waals surface area contributed by atoms with E-state index in [2.05, 4.69) is 4.74 Å². The van der Waals surface area contributed by atoms with Crippen molar-refractivity contribution in [3.8, 4) is 0 Å². The molecule has 0 aliphatic rings. The largest absolute Gasteiger partial charge is 0.468 e. The fourth-order valence-corrected chi connectivity index (χ4v) is 1.67. The van der Waals surface area contributed by atoms with Gasteiger partial charge in [0.2, 0.25) is 0 Å². The number of ether oxygens (including phenoxy) is 1. The van der Waals surface area contributed by atoms with Crippen LogP contribution in [-0.4, -0.2) is 41.0 Å². The number of amides is 1. The number of carbonyl (C=O) groups is 2. The lowest BCUT2D eigenvalue weighted by Crippen LogP contribution is -2.41. The minimum atomic E-state index is -0.414. The lowest BCUT2D eigenvalue weighted by atomic mass is 10.2. The molecule has 1 aromatic heterocycles. The van der Waals surface area contributed by atoms with Crippen LogP contribution in [0, 0.1) is 6.92 Å². The van der Waals surface area contributed by atoms with Crippen LogP contribution in [0.2, 0.25) is 0 Å². The monoisotopic (exact) mass is 252 g/mol. The third-order valence-electron chi connectivity index (χ3n) is 3.00. The average Bonchev–Trinajstić information content (AvgIpc) is 2.65. The summed E-state index contributed by atoms with van der Waals surface area (Å²) in [5.41, 5.74) is 1.57. The predicted octanol–water partition coefficient (Wildman–Crippen LogP) is 1.36. The maximum absolute atomic E-state index is 12.4. The fraction of sp³-hybridized carbons (Fsp3) is 0.538. The van der Waals surface area contributed by atoms with Crippen molar-refractivity contribution in [3.63, 3.8) is 0 Å². The number of methoxy groups -OCH3 is 1. The molecule has 100 valence electrons. The number of hydrogen-bond donors (Lipinski definition) is 0. The number of nitrogens with zero attached hydrogens (tertiary/aromatic N) is 2. The Balaban J connectivity index is 2.96. The molecule has 1 heterocycles. The molecule has 1 aromatic rings. The molecule has 0 aliphatic heterocycles. The van der Waals surface area contributed by atoms with Gasteiger partial charge in [-0.15, -0.1) is 0 Å². The molecule has 5 nitrogen and oxygen atoms in total. The Morgan fingerprint density at radius 2 is 2.00 bits per heavy atom. The van der Waals surface area contributed by atoms with Crippen molar-refractivity contribution < 1.29 is 14.3 Å². The maximum Gasteiger partial charge on any atom is 0.325 e. The molecule has 18 heavy (non-hydrogen) atoms. The Labute approximate surface area is 107 Å². The second kappa shape index (κ2) is 5.71. The van der Waals surface area contributed by atoms with Gasteiger partial charge in [0.1, 0.15) is 12.2 Å². The van der Waals surface area contributed by atoms with Crippen molar-refractivity contribution >= 4 is 11.9 Å². The van der Waals surface area contributed by atoms with Gasteiger partial charge in [-0.25, -0.2) is 0 Å². The number of hydrogen-bond acceptors (Lipinski definition) is 3. The molecule has 0 saturated heterocycles. The van der Waals surface area contributed by atoms with Crippen molar-refractivity contribution in [2.45, 2.75) is 26.8 Å². The highest BCUT2D eigenvalue weighted by molar-refractivity contribution is 5.95. The normalized spacial score (nSPS) is 10.6. The maximum atomic E-state index is 12.4. The number of rotatable bonds is 4. The van der Waals surface area contributed by atoms with Gasteiger partial charge in [0.25, 0.3) is 5.91 Å². The molecular weight excluding hydrogens is 232 g/mol. The summed E-state index contributed by atoms with van der Waals surface area (Å²) in [5, 5.41) is 0. The van der Waals surface area contributed by atoms with Gasteiger partial charge in [0.05, 0.1) is 7.11 Å². The fourth-order valence-electron chi connectivity index (χ4n) is 1.67. The molecule has 0 saturated carbocycles. The zero-order chi connectivity index (χ0) is 13.9. The molecule has 0 atom stereocenters. The number of carbonyl (C=O) groups excluding carboxylic acids is 2. The van der Waals surface area contributed by atoms with E-state index < -0.39 is 5.97 Å². The van der Waals surface area contributed by atoms with Crippen molar-refractivity contribution in [1.29, 1.82) is 0 Å². The zero-order valence-corrected chi connectivity index (χ0v) is 11.6. The van der Waals surface area contributed by atoms with Crippen molar-refractivity contribution in [2.75, 3.05) is 13.7 Å². The second-order valence-corrected chi connectivity index (χ2v) is 4.52. The first-order valence-corrected chi connectivity index (χ1v) is 5.88. The van der Waals surface area contributed by atoms with E-state index in [1.807, 2.05) is 38.5 Å². The lowest BCUT2D eigenvalue weighted by Gasteiger charge is -2.25. The third-order valence-corrected chi connectivity index (χ3v) is 3.00. The van der Waals surface area contributed by atoms with E-state index in [9.17, 15) is 9.59 Å². The van der Waals surface area contributed by atoms with E-state index in [0.29, 0.717) is 5.69 Å². The number of esters is 1. The van der Waals surface area contributed by atoms with Gasteiger partial charge in [0, 0.05) is 18.8 Å². The van der Waals surface area contributed by atoms with E-state index in [4.69, 9.17) is 0 Å². The summed E-state index contributed by atoms with van der Waals surface area (Å²) in [6.45, 7) is 5.64. The van der Waals surface area contributed by atoms with Crippen LogP contribution in [0.4, 0.5) is 0 Å². The topological polar surface area (TPSA) is 51.5 Å². The van der Waals surface area contributed by atoms with E-state index >= 15 is 0 Å². The predicted molar refractivity (Wildman–Crippen MR) is 68.3 cm³/mol. The van der Waals surface area contributed by atoms with Crippen LogP contribution in [-0.2, 0) is 16.6 Å². The van der Waals surface area contributed by atoms with Gasteiger partial charge in [-0.1, -0.05) is 0 Å². The molecular formula is C13H20N2O3. The molecule has 0 spiro atoms. The molecule has 5 heteroatoms. The SMILES string of the molecule is COC(=O)CN(C(=O)c1ccc(C)n1C)C(C)C. The van der Waals surface area contributed by atoms with E-state index in [-0.39, 0.29) is 18.5 Å². The summed E-state index contributed by atoms with van der Waals surface area (Å²) in [4.78, 5) is 25.2. The van der Waals surface area contributed by atoms with Gasteiger partial charge in [-0.2, -0.15) is 0 Å². The molecule has 0 N–H and O–H groups in total. The van der Waals surface area contributed by atoms with Crippen molar-refractivity contribution in [3.05, 3.63) is 23.5 Å². The molecule has 1 rings (SSSR count). The Morgan fingerprint density at radius 3 is 2.39 bits per heavy atom. The van der Waals surface area contributed by atoms with Crippen LogP contribution >= 0.6 is 0 Å². The highest BCUT2D eigenvalue weighted by Crippen LogP contribution is 2.11. The first-order chi connectivity index (χ1) is 8.38. The summed E-state index contributed by atoms with van der Waals surface area (Å²) in [6, 6.07) is 3.58. The van der Waals surface area contributed by atoms with Crippen LogP contribution in [0.25, 0.3) is 0 Å². The Bertz CT molecular complexity index is 449.